The largest absolute Gasteiger partial charge is 0.505 e. The average molecular weight is 448 g/mol. The minimum absolute atomic E-state index is 0.116. The summed E-state index contributed by atoms with van der Waals surface area (Å²) in [6.45, 7) is 4.46. The highest BCUT2D eigenvalue weighted by atomic mass is 35.5. The smallest absolute Gasteiger partial charge is 0.152 e. The predicted molar refractivity (Wildman–Crippen MR) is 114 cm³/mol. The lowest BCUT2D eigenvalue weighted by molar-refractivity contribution is 0.207. The molecule has 1 unspecified atom stereocenters. The molecule has 0 saturated heterocycles. The second kappa shape index (κ2) is 7.91. The SMILES string of the molecule is CC(C)C1CCCC(c2cc(Cl)c(O)c(Cl)c2)(c2cc(Cl)c(O)c(Cl)c2)C1. The number of hydrogen-bond acceptors (Lipinski definition) is 2. The Hall–Kier alpha value is -0.800. The molecule has 0 heterocycles. The molecule has 146 valence electrons. The van der Waals surface area contributed by atoms with Crippen LogP contribution < -0.4 is 0 Å². The van der Waals surface area contributed by atoms with Crippen molar-refractivity contribution in [3.05, 3.63) is 55.5 Å². The molecule has 2 N–H and O–H groups in total. The van der Waals surface area contributed by atoms with Crippen LogP contribution in [0.2, 0.25) is 20.1 Å². The van der Waals surface area contributed by atoms with Crippen molar-refractivity contribution in [2.45, 2.75) is 44.9 Å². The second-order valence-electron chi connectivity index (χ2n) is 7.76. The molecular weight excluding hydrogens is 426 g/mol. The quantitative estimate of drug-likeness (QED) is 0.502. The van der Waals surface area contributed by atoms with Crippen LogP contribution in [0.3, 0.4) is 0 Å². The number of rotatable bonds is 3. The maximum atomic E-state index is 10.0. The first kappa shape index (κ1) is 20.9. The molecule has 2 aromatic carbocycles. The van der Waals surface area contributed by atoms with E-state index in [1.54, 1.807) is 24.3 Å². The highest BCUT2D eigenvalue weighted by Crippen LogP contribution is 2.52. The molecule has 0 spiro atoms. The van der Waals surface area contributed by atoms with Crippen LogP contribution in [0.4, 0.5) is 0 Å². The molecule has 0 bridgehead atoms. The van der Waals surface area contributed by atoms with Gasteiger partial charge in [0.05, 0.1) is 20.1 Å². The van der Waals surface area contributed by atoms with Gasteiger partial charge in [0, 0.05) is 5.41 Å². The summed E-state index contributed by atoms with van der Waals surface area (Å²) < 4.78 is 0. The number of phenolic OH excluding ortho intramolecular Hbond substituents is 2. The van der Waals surface area contributed by atoms with Crippen molar-refractivity contribution in [3.8, 4) is 11.5 Å². The summed E-state index contributed by atoms with van der Waals surface area (Å²) in [7, 11) is 0. The van der Waals surface area contributed by atoms with Crippen molar-refractivity contribution < 1.29 is 10.2 Å². The first-order valence-electron chi connectivity index (χ1n) is 9.02. The maximum Gasteiger partial charge on any atom is 0.152 e. The Kier molecular flexibility index (Phi) is 6.13. The van der Waals surface area contributed by atoms with Gasteiger partial charge in [-0.05, 0) is 60.1 Å². The Labute approximate surface area is 180 Å². The summed E-state index contributed by atoms with van der Waals surface area (Å²) in [5.41, 5.74) is 1.46. The number of benzene rings is 2. The summed E-state index contributed by atoms with van der Waals surface area (Å²) in [5, 5.41) is 20.9. The summed E-state index contributed by atoms with van der Waals surface area (Å²) in [6.07, 6.45) is 3.96. The predicted octanol–water partition coefficient (Wildman–Crippen LogP) is 7.84. The number of hydrogen-bond donors (Lipinski definition) is 2. The summed E-state index contributed by atoms with van der Waals surface area (Å²) in [5.74, 6) is 0.803. The van der Waals surface area contributed by atoms with Crippen LogP contribution in [-0.4, -0.2) is 10.2 Å². The third kappa shape index (κ3) is 3.87. The van der Waals surface area contributed by atoms with Crippen molar-refractivity contribution in [2.75, 3.05) is 0 Å². The standard InChI is InChI=1S/C21H22Cl4O2/c1-11(2)12-4-3-5-21(10-12,13-6-15(22)19(26)16(23)7-13)14-8-17(24)20(27)18(25)9-14/h6-9,11-12,26-27H,3-5,10H2,1-2H3. The summed E-state index contributed by atoms with van der Waals surface area (Å²) in [6, 6.07) is 7.11. The number of aromatic hydroxyl groups is 2. The lowest BCUT2D eigenvalue weighted by atomic mass is 9.60. The molecule has 3 rings (SSSR count). The van der Waals surface area contributed by atoms with Crippen molar-refractivity contribution in [3.63, 3.8) is 0 Å². The fourth-order valence-corrected chi connectivity index (χ4v) is 5.24. The zero-order valence-corrected chi connectivity index (χ0v) is 18.2. The lowest BCUT2D eigenvalue weighted by Gasteiger charge is -2.44. The first-order chi connectivity index (χ1) is 12.7. The van der Waals surface area contributed by atoms with E-state index < -0.39 is 5.41 Å². The van der Waals surface area contributed by atoms with Gasteiger partial charge in [-0.15, -0.1) is 0 Å². The van der Waals surface area contributed by atoms with Gasteiger partial charge in [-0.3, -0.25) is 0 Å². The molecule has 1 saturated carbocycles. The molecule has 1 aliphatic rings. The van der Waals surface area contributed by atoms with Gasteiger partial charge in [-0.1, -0.05) is 73.1 Å². The Balaban J connectivity index is 2.24. The normalized spacial score (nSPS) is 19.4. The minimum Gasteiger partial charge on any atom is -0.505 e. The van der Waals surface area contributed by atoms with Gasteiger partial charge in [0.1, 0.15) is 0 Å². The van der Waals surface area contributed by atoms with Crippen LogP contribution in [0.25, 0.3) is 0 Å². The van der Waals surface area contributed by atoms with Gasteiger partial charge < -0.3 is 10.2 Å². The topological polar surface area (TPSA) is 40.5 Å². The molecule has 2 aromatic rings. The lowest BCUT2D eigenvalue weighted by Crippen LogP contribution is -2.36. The monoisotopic (exact) mass is 446 g/mol. The molecule has 2 nitrogen and oxygen atoms in total. The van der Waals surface area contributed by atoms with E-state index >= 15 is 0 Å². The van der Waals surface area contributed by atoms with Crippen molar-refractivity contribution >= 4 is 46.4 Å². The van der Waals surface area contributed by atoms with E-state index in [1.807, 2.05) is 0 Å². The van der Waals surface area contributed by atoms with Crippen molar-refractivity contribution in [2.24, 2.45) is 11.8 Å². The fourth-order valence-electron chi connectivity index (χ4n) is 4.26. The minimum atomic E-state index is -0.394. The van der Waals surface area contributed by atoms with Crippen molar-refractivity contribution in [1.29, 1.82) is 0 Å². The number of phenols is 2. The van der Waals surface area contributed by atoms with Gasteiger partial charge >= 0.3 is 0 Å². The molecule has 0 aliphatic heterocycles. The molecule has 1 fully saturated rings. The molecule has 0 aromatic heterocycles. The van der Waals surface area contributed by atoms with Gasteiger partial charge in [-0.25, -0.2) is 0 Å². The first-order valence-corrected chi connectivity index (χ1v) is 10.5. The molecule has 0 radical (unpaired) electrons. The Morgan fingerprint density at radius 3 is 1.63 bits per heavy atom. The van der Waals surface area contributed by atoms with Crippen LogP contribution in [-0.2, 0) is 5.41 Å². The van der Waals surface area contributed by atoms with Crippen LogP contribution >= 0.6 is 46.4 Å². The molecule has 27 heavy (non-hydrogen) atoms. The van der Waals surface area contributed by atoms with Crippen LogP contribution in [0.15, 0.2) is 24.3 Å². The third-order valence-electron chi connectivity index (χ3n) is 5.87. The molecular formula is C21H22Cl4O2. The van der Waals surface area contributed by atoms with Crippen LogP contribution in [0, 0.1) is 11.8 Å². The van der Waals surface area contributed by atoms with Crippen LogP contribution in [0.1, 0.15) is 50.7 Å². The second-order valence-corrected chi connectivity index (χ2v) is 9.39. The maximum absolute atomic E-state index is 10.0. The highest BCUT2D eigenvalue weighted by Gasteiger charge is 2.41. The zero-order valence-electron chi connectivity index (χ0n) is 15.2. The van der Waals surface area contributed by atoms with E-state index in [1.165, 1.54) is 0 Å². The molecule has 6 heteroatoms. The van der Waals surface area contributed by atoms with E-state index in [0.717, 1.165) is 36.8 Å². The Morgan fingerprint density at radius 1 is 0.852 bits per heavy atom. The zero-order chi connectivity index (χ0) is 19.9. The Bertz CT molecular complexity index is 760. The van der Waals surface area contributed by atoms with E-state index in [2.05, 4.69) is 13.8 Å². The molecule has 1 aliphatic carbocycles. The van der Waals surface area contributed by atoms with Gasteiger partial charge in [0.15, 0.2) is 11.5 Å². The summed E-state index contributed by atoms with van der Waals surface area (Å²) >= 11 is 25.0. The van der Waals surface area contributed by atoms with E-state index in [9.17, 15) is 10.2 Å². The van der Waals surface area contributed by atoms with Gasteiger partial charge in [0.25, 0.3) is 0 Å². The fraction of sp³-hybridized carbons (Fsp3) is 0.429. The Morgan fingerprint density at radius 2 is 1.26 bits per heavy atom. The van der Waals surface area contributed by atoms with E-state index in [4.69, 9.17) is 46.4 Å². The van der Waals surface area contributed by atoms with E-state index in [0.29, 0.717) is 11.8 Å². The van der Waals surface area contributed by atoms with E-state index in [-0.39, 0.29) is 31.6 Å². The van der Waals surface area contributed by atoms with Crippen LogP contribution in [0.5, 0.6) is 11.5 Å². The average Bonchev–Trinajstić information content (AvgIpc) is 2.63. The number of halogens is 4. The summed E-state index contributed by atoms with van der Waals surface area (Å²) in [4.78, 5) is 0. The highest BCUT2D eigenvalue weighted by molar-refractivity contribution is 6.37. The van der Waals surface area contributed by atoms with Gasteiger partial charge in [-0.2, -0.15) is 0 Å². The van der Waals surface area contributed by atoms with Gasteiger partial charge in [0.2, 0.25) is 0 Å². The van der Waals surface area contributed by atoms with Crippen molar-refractivity contribution in [1.82, 2.24) is 0 Å². The molecule has 0 amide bonds. The molecule has 1 atom stereocenters. The third-order valence-corrected chi connectivity index (χ3v) is 7.02.